The van der Waals surface area contributed by atoms with Gasteiger partial charge in [0.2, 0.25) is 5.91 Å². The van der Waals surface area contributed by atoms with E-state index in [0.29, 0.717) is 10.7 Å². The predicted molar refractivity (Wildman–Crippen MR) is 106 cm³/mol. The third kappa shape index (κ3) is 3.14. The number of hydrogen-bond donors (Lipinski definition) is 2. The smallest absolute Gasteiger partial charge is 0.323 e. The molecule has 1 fully saturated rings. The highest BCUT2D eigenvalue weighted by molar-refractivity contribution is 6.33. The molecule has 2 aromatic carbocycles. The number of urea groups is 1. The van der Waals surface area contributed by atoms with E-state index in [0.717, 1.165) is 29.7 Å². The lowest BCUT2D eigenvalue weighted by Gasteiger charge is -2.23. The fourth-order valence-corrected chi connectivity index (χ4v) is 4.00. The maximum atomic E-state index is 13.0. The van der Waals surface area contributed by atoms with E-state index in [1.165, 1.54) is 11.1 Å². The number of imide groups is 1. The molecule has 2 N–H and O–H groups in total. The molecule has 1 aliphatic carbocycles. The second kappa shape index (κ2) is 6.95. The van der Waals surface area contributed by atoms with Gasteiger partial charge in [0.1, 0.15) is 12.1 Å². The maximum Gasteiger partial charge on any atom is 0.325 e. The summed E-state index contributed by atoms with van der Waals surface area (Å²) < 4.78 is 0. The molecule has 2 aliphatic rings. The van der Waals surface area contributed by atoms with Gasteiger partial charge in [-0.15, -0.1) is 0 Å². The second-order valence-electron chi connectivity index (χ2n) is 7.31. The molecule has 28 heavy (non-hydrogen) atoms. The molecule has 0 aromatic heterocycles. The number of carbonyl (C=O) groups excluding carboxylic acids is 3. The molecule has 1 aliphatic heterocycles. The molecule has 1 unspecified atom stereocenters. The Labute approximate surface area is 167 Å². The van der Waals surface area contributed by atoms with Crippen LogP contribution in [0.1, 0.15) is 30.0 Å². The summed E-state index contributed by atoms with van der Waals surface area (Å²) in [6.07, 6.45) is 3.12. The van der Waals surface area contributed by atoms with Gasteiger partial charge in [-0.3, -0.25) is 14.5 Å². The Morgan fingerprint density at radius 3 is 2.71 bits per heavy atom. The van der Waals surface area contributed by atoms with Gasteiger partial charge in [0.05, 0.1) is 10.7 Å². The average Bonchev–Trinajstić information content (AvgIpc) is 3.22. The first-order valence-corrected chi connectivity index (χ1v) is 9.57. The van der Waals surface area contributed by atoms with E-state index < -0.39 is 23.4 Å². The van der Waals surface area contributed by atoms with Gasteiger partial charge in [0, 0.05) is 0 Å². The molecule has 4 amide bonds. The Kier molecular flexibility index (Phi) is 4.59. The van der Waals surface area contributed by atoms with Crippen molar-refractivity contribution in [2.24, 2.45) is 0 Å². The summed E-state index contributed by atoms with van der Waals surface area (Å²) >= 11 is 6.04. The van der Waals surface area contributed by atoms with Crippen LogP contribution in [0.4, 0.5) is 10.5 Å². The molecule has 2 aromatic rings. The van der Waals surface area contributed by atoms with Gasteiger partial charge < -0.3 is 10.6 Å². The van der Waals surface area contributed by atoms with Crippen LogP contribution in [-0.2, 0) is 28.0 Å². The molecule has 0 radical (unpaired) electrons. The monoisotopic (exact) mass is 397 g/mol. The van der Waals surface area contributed by atoms with Gasteiger partial charge in [0.15, 0.2) is 0 Å². The van der Waals surface area contributed by atoms with Crippen LogP contribution in [0.3, 0.4) is 0 Å². The number of nitrogens with zero attached hydrogens (tertiary/aromatic N) is 1. The van der Waals surface area contributed by atoms with Gasteiger partial charge in [-0.1, -0.05) is 41.9 Å². The van der Waals surface area contributed by atoms with Crippen LogP contribution in [0, 0.1) is 0 Å². The summed E-state index contributed by atoms with van der Waals surface area (Å²) in [5.74, 6) is -0.931. The Morgan fingerprint density at radius 2 is 1.93 bits per heavy atom. The molecule has 4 rings (SSSR count). The van der Waals surface area contributed by atoms with E-state index in [1.807, 2.05) is 18.2 Å². The van der Waals surface area contributed by atoms with Crippen molar-refractivity contribution in [2.75, 3.05) is 11.9 Å². The van der Waals surface area contributed by atoms with Crippen LogP contribution >= 0.6 is 11.6 Å². The lowest BCUT2D eigenvalue weighted by molar-refractivity contribution is -0.133. The molecule has 0 spiro atoms. The van der Waals surface area contributed by atoms with Crippen LogP contribution < -0.4 is 10.6 Å². The van der Waals surface area contributed by atoms with E-state index in [1.54, 1.807) is 31.2 Å². The summed E-state index contributed by atoms with van der Waals surface area (Å²) in [4.78, 5) is 38.8. The van der Waals surface area contributed by atoms with Gasteiger partial charge in [-0.05, 0) is 55.0 Å². The van der Waals surface area contributed by atoms with Crippen LogP contribution in [0.25, 0.3) is 0 Å². The Morgan fingerprint density at radius 1 is 1.18 bits per heavy atom. The Bertz CT molecular complexity index is 991. The van der Waals surface area contributed by atoms with E-state index in [2.05, 4.69) is 10.6 Å². The second-order valence-corrected chi connectivity index (χ2v) is 7.72. The molecule has 0 bridgehead atoms. The zero-order chi connectivity index (χ0) is 19.9. The number of anilines is 1. The summed E-state index contributed by atoms with van der Waals surface area (Å²) in [5.41, 5.74) is 2.50. The number of amides is 4. The molecule has 6 nitrogen and oxygen atoms in total. The number of nitrogens with one attached hydrogen (secondary N) is 2. The first-order chi connectivity index (χ1) is 13.4. The molecule has 1 heterocycles. The highest BCUT2D eigenvalue weighted by Crippen LogP contribution is 2.32. The third-order valence-corrected chi connectivity index (χ3v) is 5.73. The van der Waals surface area contributed by atoms with Crippen molar-refractivity contribution in [3.8, 4) is 0 Å². The van der Waals surface area contributed by atoms with Crippen molar-refractivity contribution in [1.29, 1.82) is 0 Å². The summed E-state index contributed by atoms with van der Waals surface area (Å²) in [6, 6.07) is 12.1. The Hall–Kier alpha value is -2.86. The largest absolute Gasteiger partial charge is 0.325 e. The zero-order valence-electron chi connectivity index (χ0n) is 15.4. The van der Waals surface area contributed by atoms with Crippen molar-refractivity contribution < 1.29 is 14.4 Å². The maximum absolute atomic E-state index is 13.0. The molecule has 1 atom stereocenters. The predicted octanol–water partition coefficient (Wildman–Crippen LogP) is 3.23. The minimum Gasteiger partial charge on any atom is -0.323 e. The number of halogens is 1. The highest BCUT2D eigenvalue weighted by Gasteiger charge is 2.49. The first-order valence-electron chi connectivity index (χ1n) is 9.19. The first kappa shape index (κ1) is 18.5. The van der Waals surface area contributed by atoms with Gasteiger partial charge in [-0.25, -0.2) is 4.79 Å². The normalized spacial score (nSPS) is 20.9. The summed E-state index contributed by atoms with van der Waals surface area (Å²) in [7, 11) is 0. The van der Waals surface area contributed by atoms with Crippen LogP contribution in [0.15, 0.2) is 42.5 Å². The zero-order valence-corrected chi connectivity index (χ0v) is 16.2. The third-order valence-electron chi connectivity index (χ3n) is 5.40. The summed E-state index contributed by atoms with van der Waals surface area (Å²) in [5, 5.41) is 5.77. The van der Waals surface area contributed by atoms with Crippen molar-refractivity contribution in [2.45, 2.75) is 31.7 Å². The van der Waals surface area contributed by atoms with Crippen molar-refractivity contribution in [3.05, 3.63) is 64.2 Å². The number of benzene rings is 2. The fourth-order valence-electron chi connectivity index (χ4n) is 3.81. The fraction of sp³-hybridized carbons (Fsp3) is 0.286. The van der Waals surface area contributed by atoms with Crippen LogP contribution in [-0.4, -0.2) is 29.3 Å². The van der Waals surface area contributed by atoms with E-state index in [4.69, 9.17) is 11.6 Å². The number of para-hydroxylation sites is 1. The molecular formula is C21H20ClN3O3. The van der Waals surface area contributed by atoms with E-state index in [9.17, 15) is 14.4 Å². The van der Waals surface area contributed by atoms with Crippen LogP contribution in [0.2, 0.25) is 5.02 Å². The number of rotatable bonds is 4. The van der Waals surface area contributed by atoms with E-state index >= 15 is 0 Å². The van der Waals surface area contributed by atoms with Crippen molar-refractivity contribution in [1.82, 2.24) is 10.2 Å². The topological polar surface area (TPSA) is 78.5 Å². The molecule has 0 saturated carbocycles. The van der Waals surface area contributed by atoms with E-state index in [-0.39, 0.29) is 6.54 Å². The lowest BCUT2D eigenvalue weighted by atomic mass is 9.89. The number of fused-ring (bicyclic) bond motifs is 1. The quantitative estimate of drug-likeness (QED) is 0.777. The number of hydrogen-bond acceptors (Lipinski definition) is 3. The SMILES string of the molecule is CC1(c2ccc3c(c2)CCC3)NC(=O)N(CC(=O)Nc2ccccc2Cl)C1=O. The number of aryl methyl sites for hydroxylation is 2. The Balaban J connectivity index is 1.52. The minimum absolute atomic E-state index is 0.379. The van der Waals surface area contributed by atoms with Crippen LogP contribution in [0.5, 0.6) is 0 Å². The van der Waals surface area contributed by atoms with Gasteiger partial charge in [-0.2, -0.15) is 0 Å². The number of carbonyl (C=O) groups is 3. The standard InChI is InChI=1S/C21H20ClN3O3/c1-21(15-10-9-13-5-4-6-14(13)11-15)19(27)25(20(28)24-21)12-18(26)23-17-8-3-2-7-16(17)22/h2-3,7-11H,4-6,12H2,1H3,(H,23,26)(H,24,28). The van der Waals surface area contributed by atoms with Crippen molar-refractivity contribution in [3.63, 3.8) is 0 Å². The lowest BCUT2D eigenvalue weighted by Crippen LogP contribution is -2.42. The molecule has 1 saturated heterocycles. The molecule has 7 heteroatoms. The van der Waals surface area contributed by atoms with Gasteiger partial charge in [0.25, 0.3) is 5.91 Å². The summed E-state index contributed by atoms with van der Waals surface area (Å²) in [6.45, 7) is 1.30. The minimum atomic E-state index is -1.18. The average molecular weight is 398 g/mol. The molecular weight excluding hydrogens is 378 g/mol. The highest BCUT2D eigenvalue weighted by atomic mass is 35.5. The molecule has 144 valence electrons. The van der Waals surface area contributed by atoms with Gasteiger partial charge >= 0.3 is 6.03 Å². The van der Waals surface area contributed by atoms with Crippen molar-refractivity contribution >= 4 is 35.1 Å².